The molecule has 2 atom stereocenters. The second-order valence-electron chi connectivity index (χ2n) is 5.37. The van der Waals surface area contributed by atoms with Crippen LogP contribution in [-0.2, 0) is 14.0 Å². The van der Waals surface area contributed by atoms with Crippen LogP contribution >= 0.6 is 0 Å². The summed E-state index contributed by atoms with van der Waals surface area (Å²) >= 11 is 0. The number of alkyl halides is 3. The van der Waals surface area contributed by atoms with E-state index in [-0.39, 0.29) is 0 Å². The summed E-state index contributed by atoms with van der Waals surface area (Å²) in [6, 6.07) is -1.27. The molecule has 0 saturated carbocycles. The van der Waals surface area contributed by atoms with E-state index in [1.807, 2.05) is 0 Å². The lowest BCUT2D eigenvalue weighted by Crippen LogP contribution is -2.52. The molecule has 19 heavy (non-hydrogen) atoms. The monoisotopic (exact) mass is 299 g/mol. The molecule has 1 amide bonds. The van der Waals surface area contributed by atoms with Gasteiger partial charge in [0.25, 0.3) is 0 Å². The maximum Gasteiger partial charge on any atom is 0.471 e. The lowest BCUT2D eigenvalue weighted by atomic mass is 9.99. The zero-order valence-electron chi connectivity index (χ0n) is 11.7. The van der Waals surface area contributed by atoms with Gasteiger partial charge in [0, 0.05) is 0 Å². The normalized spacial score (nSPS) is 15.6. The van der Waals surface area contributed by atoms with Crippen LogP contribution in [0.25, 0.3) is 0 Å². The number of carbonyl (C=O) groups excluding carboxylic acids is 2. The lowest BCUT2D eigenvalue weighted by molar-refractivity contribution is -0.175. The van der Waals surface area contributed by atoms with Crippen LogP contribution in [0, 0.1) is 5.92 Å². The van der Waals surface area contributed by atoms with Gasteiger partial charge in [-0.1, -0.05) is 20.3 Å². The molecule has 0 aliphatic heterocycles. The van der Waals surface area contributed by atoms with Crippen LogP contribution < -0.4 is 5.32 Å². The van der Waals surface area contributed by atoms with E-state index < -0.39 is 38.3 Å². The minimum Gasteiger partial charge on any atom is -0.518 e. The summed E-state index contributed by atoms with van der Waals surface area (Å²) in [5.74, 6) is -3.36. The summed E-state index contributed by atoms with van der Waals surface area (Å²) in [4.78, 5) is 22.8. The summed E-state index contributed by atoms with van der Waals surface area (Å²) in [6.45, 7) is 8.53. The first-order valence-corrected chi connectivity index (χ1v) is 9.40. The Labute approximate surface area is 111 Å². The molecule has 0 rings (SSSR count). The van der Waals surface area contributed by atoms with Crippen LogP contribution in [0.3, 0.4) is 0 Å². The summed E-state index contributed by atoms with van der Waals surface area (Å²) in [6.07, 6.45) is -4.56. The van der Waals surface area contributed by atoms with Gasteiger partial charge in [-0.25, -0.2) is 0 Å². The fraction of sp³-hybridized carbons (Fsp3) is 0.818. The zero-order valence-corrected chi connectivity index (χ0v) is 12.7. The van der Waals surface area contributed by atoms with Gasteiger partial charge < -0.3 is 9.74 Å². The van der Waals surface area contributed by atoms with Crippen LogP contribution in [0.2, 0.25) is 19.6 Å². The minimum atomic E-state index is -5.01. The predicted molar refractivity (Wildman–Crippen MR) is 66.9 cm³/mol. The van der Waals surface area contributed by atoms with Gasteiger partial charge in [0.05, 0.1) is 0 Å². The molecule has 0 saturated heterocycles. The maximum atomic E-state index is 12.2. The molecule has 0 aliphatic rings. The molecular weight excluding hydrogens is 279 g/mol. The Kier molecular flexibility index (Phi) is 6.05. The second-order valence-corrected chi connectivity index (χ2v) is 9.80. The summed E-state index contributed by atoms with van der Waals surface area (Å²) in [7, 11) is -2.22. The van der Waals surface area contributed by atoms with Crippen molar-refractivity contribution in [3.63, 3.8) is 0 Å². The highest BCUT2D eigenvalue weighted by molar-refractivity contribution is 6.71. The quantitative estimate of drug-likeness (QED) is 0.793. The van der Waals surface area contributed by atoms with Gasteiger partial charge in [-0.2, -0.15) is 13.2 Å². The number of hydrogen-bond acceptors (Lipinski definition) is 3. The minimum absolute atomic E-state index is 0.435. The Morgan fingerprint density at radius 1 is 1.26 bits per heavy atom. The van der Waals surface area contributed by atoms with Gasteiger partial charge in [0.1, 0.15) is 6.04 Å². The van der Waals surface area contributed by atoms with Gasteiger partial charge in [-0.05, 0) is 25.6 Å². The molecule has 4 nitrogen and oxygen atoms in total. The molecule has 0 aromatic carbocycles. The van der Waals surface area contributed by atoms with Crippen molar-refractivity contribution in [3.05, 3.63) is 0 Å². The second kappa shape index (κ2) is 6.40. The first-order valence-electron chi connectivity index (χ1n) is 5.99. The highest BCUT2D eigenvalue weighted by Crippen LogP contribution is 2.18. The van der Waals surface area contributed by atoms with E-state index in [2.05, 4.69) is 0 Å². The highest BCUT2D eigenvalue weighted by Gasteiger charge is 2.42. The third kappa shape index (κ3) is 6.60. The van der Waals surface area contributed by atoms with Crippen molar-refractivity contribution < 1.29 is 27.2 Å². The van der Waals surface area contributed by atoms with Crippen molar-refractivity contribution in [3.8, 4) is 0 Å². The number of amides is 1. The SMILES string of the molecule is CC[C@H](C)[C@H](NC(=O)C(F)(F)F)C(=O)O[Si](C)(C)C. The molecular formula is C11H20F3NO3Si. The van der Waals surface area contributed by atoms with Crippen LogP contribution in [0.1, 0.15) is 20.3 Å². The van der Waals surface area contributed by atoms with Crippen molar-refractivity contribution in [2.24, 2.45) is 5.92 Å². The predicted octanol–water partition coefficient (Wildman–Crippen LogP) is 2.46. The molecule has 8 heteroatoms. The lowest BCUT2D eigenvalue weighted by Gasteiger charge is -2.27. The Morgan fingerprint density at radius 2 is 1.74 bits per heavy atom. The molecule has 0 heterocycles. The van der Waals surface area contributed by atoms with Crippen LogP contribution in [0.15, 0.2) is 0 Å². The molecule has 112 valence electrons. The van der Waals surface area contributed by atoms with Crippen LogP contribution in [-0.4, -0.2) is 32.4 Å². The van der Waals surface area contributed by atoms with Gasteiger partial charge >= 0.3 is 18.1 Å². The topological polar surface area (TPSA) is 55.4 Å². The zero-order chi connectivity index (χ0) is 15.4. The third-order valence-corrected chi connectivity index (χ3v) is 3.23. The van der Waals surface area contributed by atoms with E-state index in [0.717, 1.165) is 0 Å². The molecule has 0 aliphatic carbocycles. The van der Waals surface area contributed by atoms with E-state index in [4.69, 9.17) is 4.43 Å². The van der Waals surface area contributed by atoms with E-state index in [0.29, 0.717) is 6.42 Å². The highest BCUT2D eigenvalue weighted by atomic mass is 28.4. The van der Waals surface area contributed by atoms with Crippen molar-refractivity contribution in [2.75, 3.05) is 0 Å². The number of halogens is 3. The summed E-state index contributed by atoms with van der Waals surface area (Å²) < 4.78 is 41.8. The molecule has 0 unspecified atom stereocenters. The summed E-state index contributed by atoms with van der Waals surface area (Å²) in [5.41, 5.74) is 0. The van der Waals surface area contributed by atoms with Gasteiger partial charge in [-0.15, -0.1) is 0 Å². The van der Waals surface area contributed by atoms with Crippen molar-refractivity contribution in [1.29, 1.82) is 0 Å². The van der Waals surface area contributed by atoms with E-state index >= 15 is 0 Å². The molecule has 0 bridgehead atoms. The number of carbonyl (C=O) groups is 2. The average Bonchev–Trinajstić information content (AvgIpc) is 2.20. The molecule has 0 aromatic heterocycles. The fourth-order valence-corrected chi connectivity index (χ4v) is 1.99. The van der Waals surface area contributed by atoms with Gasteiger partial charge in [-0.3, -0.25) is 9.59 Å². The van der Waals surface area contributed by atoms with Gasteiger partial charge in [0.15, 0.2) is 0 Å². The first-order chi connectivity index (χ1) is 8.38. The Hall–Kier alpha value is -1.05. The van der Waals surface area contributed by atoms with Crippen LogP contribution in [0.5, 0.6) is 0 Å². The molecule has 0 radical (unpaired) electrons. The molecule has 0 aromatic rings. The van der Waals surface area contributed by atoms with Crippen molar-refractivity contribution in [2.45, 2.75) is 52.1 Å². The number of rotatable bonds is 5. The van der Waals surface area contributed by atoms with E-state index in [9.17, 15) is 22.8 Å². The van der Waals surface area contributed by atoms with Crippen molar-refractivity contribution in [1.82, 2.24) is 5.32 Å². The average molecular weight is 299 g/mol. The Bertz CT molecular complexity index is 339. The molecule has 0 fully saturated rings. The third-order valence-electron chi connectivity index (χ3n) is 2.42. The summed E-state index contributed by atoms with van der Waals surface area (Å²) in [5, 5.41) is 1.71. The fourth-order valence-electron chi connectivity index (χ4n) is 1.26. The Morgan fingerprint density at radius 3 is 2.05 bits per heavy atom. The van der Waals surface area contributed by atoms with Crippen molar-refractivity contribution >= 4 is 20.2 Å². The van der Waals surface area contributed by atoms with Gasteiger partial charge in [0.2, 0.25) is 8.32 Å². The molecule has 1 N–H and O–H groups in total. The smallest absolute Gasteiger partial charge is 0.471 e. The largest absolute Gasteiger partial charge is 0.518 e. The van der Waals surface area contributed by atoms with E-state index in [1.54, 1.807) is 38.8 Å². The first kappa shape index (κ1) is 17.9. The standard InChI is InChI=1S/C11H20F3NO3Si/c1-6-7(2)8(9(16)18-19(3,4)5)15-10(17)11(12,13)14/h7-8H,6H2,1-5H3,(H,15,17)/t7-,8-/m0/s1. The number of hydrogen-bond donors (Lipinski definition) is 1. The molecule has 0 spiro atoms. The number of nitrogens with one attached hydrogen (secondary N) is 1. The van der Waals surface area contributed by atoms with Crippen LogP contribution in [0.4, 0.5) is 13.2 Å². The Balaban J connectivity index is 4.93. The maximum absolute atomic E-state index is 12.2. The van der Waals surface area contributed by atoms with E-state index in [1.165, 1.54) is 0 Å².